The van der Waals surface area contributed by atoms with Crippen LogP contribution in [0.3, 0.4) is 0 Å². The maximum Gasteiger partial charge on any atom is 0.226 e. The third-order valence-corrected chi connectivity index (χ3v) is 6.46. The SMILES string of the molecule is COc1ccc([C@H]2Oc3ccccc3C3=C2[C@@H](c2ccc(OC)c(OC)c2)n2ncnc2N3)cc1. The fourth-order valence-electron chi connectivity index (χ4n) is 4.81. The van der Waals surface area contributed by atoms with Gasteiger partial charge in [0, 0.05) is 11.1 Å². The topological polar surface area (TPSA) is 79.7 Å². The lowest BCUT2D eigenvalue weighted by molar-refractivity contribution is 0.223. The highest BCUT2D eigenvalue weighted by atomic mass is 16.5. The van der Waals surface area contributed by atoms with Crippen LogP contribution < -0.4 is 24.3 Å². The minimum Gasteiger partial charge on any atom is -0.497 e. The Bertz CT molecular complexity index is 1430. The van der Waals surface area contributed by atoms with Gasteiger partial charge in [-0.15, -0.1) is 0 Å². The van der Waals surface area contributed by atoms with Crippen molar-refractivity contribution in [3.05, 3.63) is 95.3 Å². The van der Waals surface area contributed by atoms with Crippen molar-refractivity contribution in [1.82, 2.24) is 14.8 Å². The number of hydrogen-bond acceptors (Lipinski definition) is 7. The number of benzene rings is 3. The lowest BCUT2D eigenvalue weighted by atomic mass is 9.84. The molecule has 35 heavy (non-hydrogen) atoms. The van der Waals surface area contributed by atoms with Crippen molar-refractivity contribution < 1.29 is 18.9 Å². The van der Waals surface area contributed by atoms with Crippen LogP contribution >= 0.6 is 0 Å². The van der Waals surface area contributed by atoms with E-state index in [9.17, 15) is 0 Å². The first kappa shape index (κ1) is 21.1. The first-order valence-corrected chi connectivity index (χ1v) is 11.2. The van der Waals surface area contributed by atoms with Crippen LogP contribution in [0.5, 0.6) is 23.0 Å². The van der Waals surface area contributed by atoms with Crippen LogP contribution in [-0.2, 0) is 0 Å². The van der Waals surface area contributed by atoms with E-state index in [0.717, 1.165) is 39.5 Å². The number of aromatic nitrogens is 3. The molecule has 0 saturated heterocycles. The summed E-state index contributed by atoms with van der Waals surface area (Å²) in [6, 6.07) is 21.6. The van der Waals surface area contributed by atoms with Gasteiger partial charge in [-0.25, -0.2) is 4.68 Å². The van der Waals surface area contributed by atoms with Crippen LogP contribution in [0.2, 0.25) is 0 Å². The summed E-state index contributed by atoms with van der Waals surface area (Å²) in [7, 11) is 4.92. The summed E-state index contributed by atoms with van der Waals surface area (Å²) in [6.45, 7) is 0. The summed E-state index contributed by atoms with van der Waals surface area (Å²) in [4.78, 5) is 4.49. The van der Waals surface area contributed by atoms with Crippen molar-refractivity contribution in [2.24, 2.45) is 0 Å². The van der Waals surface area contributed by atoms with Gasteiger partial charge in [0.05, 0.1) is 27.0 Å². The second-order valence-electron chi connectivity index (χ2n) is 8.27. The van der Waals surface area contributed by atoms with E-state index in [1.165, 1.54) is 0 Å². The Balaban J connectivity index is 1.59. The van der Waals surface area contributed by atoms with E-state index in [-0.39, 0.29) is 12.1 Å². The van der Waals surface area contributed by atoms with Crippen LogP contribution in [-0.4, -0.2) is 36.1 Å². The van der Waals surface area contributed by atoms with Crippen LogP contribution in [0.25, 0.3) is 5.70 Å². The van der Waals surface area contributed by atoms with Crippen LogP contribution in [0.15, 0.2) is 78.6 Å². The molecule has 2 aliphatic heterocycles. The summed E-state index contributed by atoms with van der Waals surface area (Å²) in [5.41, 5.74) is 4.95. The number of ether oxygens (including phenoxy) is 4. The number of nitrogens with zero attached hydrogens (tertiary/aromatic N) is 3. The number of hydrogen-bond donors (Lipinski definition) is 1. The average Bonchev–Trinajstić information content (AvgIpc) is 3.39. The fraction of sp³-hybridized carbons (Fsp3) is 0.185. The van der Waals surface area contributed by atoms with E-state index in [1.807, 2.05) is 65.3 Å². The maximum absolute atomic E-state index is 6.65. The zero-order valence-electron chi connectivity index (χ0n) is 19.6. The van der Waals surface area contributed by atoms with Gasteiger partial charge in [0.15, 0.2) is 11.5 Å². The number of para-hydroxylation sites is 1. The molecule has 0 radical (unpaired) electrons. The van der Waals surface area contributed by atoms with Crippen LogP contribution in [0.4, 0.5) is 5.95 Å². The summed E-state index contributed by atoms with van der Waals surface area (Å²) < 4.78 is 25.0. The second-order valence-corrected chi connectivity index (χ2v) is 8.27. The van der Waals surface area contributed by atoms with E-state index in [1.54, 1.807) is 27.7 Å². The molecular weight excluding hydrogens is 444 g/mol. The zero-order valence-corrected chi connectivity index (χ0v) is 19.6. The number of nitrogens with one attached hydrogen (secondary N) is 1. The normalized spacial score (nSPS) is 17.9. The third kappa shape index (κ3) is 3.37. The third-order valence-electron chi connectivity index (χ3n) is 6.46. The Morgan fingerprint density at radius 2 is 1.63 bits per heavy atom. The molecule has 4 aromatic rings. The van der Waals surface area contributed by atoms with Gasteiger partial charge < -0.3 is 24.3 Å². The van der Waals surface area contributed by atoms with E-state index in [2.05, 4.69) is 21.5 Å². The molecule has 6 rings (SSSR count). The lowest BCUT2D eigenvalue weighted by Gasteiger charge is -2.39. The summed E-state index contributed by atoms with van der Waals surface area (Å²) in [5, 5.41) is 8.09. The molecule has 2 atom stereocenters. The number of anilines is 1. The van der Waals surface area contributed by atoms with Crippen molar-refractivity contribution in [3.8, 4) is 23.0 Å². The second kappa shape index (κ2) is 8.39. The monoisotopic (exact) mass is 468 g/mol. The molecule has 8 heteroatoms. The molecule has 0 fully saturated rings. The quantitative estimate of drug-likeness (QED) is 0.448. The van der Waals surface area contributed by atoms with Gasteiger partial charge in [-0.05, 0) is 47.5 Å². The summed E-state index contributed by atoms with van der Waals surface area (Å²) >= 11 is 0. The molecule has 0 amide bonds. The molecular formula is C27H24N4O4. The van der Waals surface area contributed by atoms with Gasteiger partial charge in [0.1, 0.15) is 30.0 Å². The minimum atomic E-state index is -0.367. The van der Waals surface area contributed by atoms with Crippen molar-refractivity contribution in [3.63, 3.8) is 0 Å². The predicted molar refractivity (Wildman–Crippen MR) is 131 cm³/mol. The number of fused-ring (bicyclic) bond motifs is 3. The summed E-state index contributed by atoms with van der Waals surface area (Å²) in [5.74, 6) is 3.56. The molecule has 0 unspecified atom stereocenters. The Labute approximate surface area is 202 Å². The molecule has 0 bridgehead atoms. The molecule has 176 valence electrons. The number of rotatable bonds is 5. The average molecular weight is 469 g/mol. The van der Waals surface area contributed by atoms with Gasteiger partial charge in [-0.3, -0.25) is 0 Å². The molecule has 0 spiro atoms. The molecule has 1 N–H and O–H groups in total. The highest BCUT2D eigenvalue weighted by Gasteiger charge is 2.41. The Morgan fingerprint density at radius 1 is 0.857 bits per heavy atom. The van der Waals surface area contributed by atoms with Crippen molar-refractivity contribution in [2.75, 3.05) is 26.6 Å². The molecule has 1 aromatic heterocycles. The molecule has 2 aliphatic rings. The minimum absolute atomic E-state index is 0.288. The fourth-order valence-corrected chi connectivity index (χ4v) is 4.81. The number of methoxy groups -OCH3 is 3. The van der Waals surface area contributed by atoms with Crippen LogP contribution in [0, 0.1) is 0 Å². The molecule has 3 heterocycles. The van der Waals surface area contributed by atoms with E-state index < -0.39 is 0 Å². The Kier molecular flexibility index (Phi) is 5.06. The van der Waals surface area contributed by atoms with E-state index >= 15 is 0 Å². The maximum atomic E-state index is 6.65. The first-order valence-electron chi connectivity index (χ1n) is 11.2. The van der Waals surface area contributed by atoms with Crippen molar-refractivity contribution in [1.29, 1.82) is 0 Å². The van der Waals surface area contributed by atoms with E-state index in [4.69, 9.17) is 18.9 Å². The van der Waals surface area contributed by atoms with Gasteiger partial charge in [0.2, 0.25) is 5.95 Å². The van der Waals surface area contributed by atoms with Gasteiger partial charge in [-0.1, -0.05) is 30.3 Å². The van der Waals surface area contributed by atoms with Crippen LogP contribution in [0.1, 0.15) is 28.8 Å². The predicted octanol–water partition coefficient (Wildman–Crippen LogP) is 4.86. The standard InChI is InChI=1S/C27H24N4O4/c1-32-18-11-8-16(9-12-18)26-23-24(19-6-4-5-7-20(19)35-26)30-27-28-15-29-31(27)25(23)17-10-13-21(33-2)22(14-17)34-3/h4-15,25-26H,1-3H3,(H,28,29,30)/t25-,26-/m1/s1. The van der Waals surface area contributed by atoms with Gasteiger partial charge >= 0.3 is 0 Å². The largest absolute Gasteiger partial charge is 0.497 e. The lowest BCUT2D eigenvalue weighted by Crippen LogP contribution is -2.32. The van der Waals surface area contributed by atoms with Crippen molar-refractivity contribution in [2.45, 2.75) is 12.1 Å². The summed E-state index contributed by atoms with van der Waals surface area (Å²) in [6.07, 6.45) is 1.19. The highest BCUT2D eigenvalue weighted by molar-refractivity contribution is 5.85. The Morgan fingerprint density at radius 3 is 2.40 bits per heavy atom. The first-order chi connectivity index (χ1) is 17.2. The van der Waals surface area contributed by atoms with Gasteiger partial charge in [-0.2, -0.15) is 10.1 Å². The molecule has 0 saturated carbocycles. The van der Waals surface area contributed by atoms with Gasteiger partial charge in [0.25, 0.3) is 0 Å². The molecule has 3 aromatic carbocycles. The smallest absolute Gasteiger partial charge is 0.226 e. The molecule has 0 aliphatic carbocycles. The Hall–Kier alpha value is -4.46. The highest BCUT2D eigenvalue weighted by Crippen LogP contribution is 2.51. The zero-order chi connectivity index (χ0) is 23.9. The molecule has 8 nitrogen and oxygen atoms in total. The van der Waals surface area contributed by atoms with E-state index in [0.29, 0.717) is 17.4 Å². The van der Waals surface area contributed by atoms with Crippen molar-refractivity contribution >= 4 is 11.6 Å².